The molecule has 0 amide bonds. The largest absolute Gasteiger partial charge is 0.246 e. The maximum atomic E-state index is 12.0. The summed E-state index contributed by atoms with van der Waals surface area (Å²) in [7, 11) is -3.45. The topological polar surface area (TPSA) is 50.3 Å². The molecule has 0 aromatic carbocycles. The fourth-order valence-electron chi connectivity index (χ4n) is 1.25. The molecule has 1 aliphatic heterocycles. The van der Waals surface area contributed by atoms with Gasteiger partial charge in [-0.25, -0.2) is 13.4 Å². The monoisotopic (exact) mass is 310 g/mol. The Balaban J connectivity index is 2.48. The number of hydrogen-bond acceptors (Lipinski definition) is 3. The van der Waals surface area contributed by atoms with E-state index in [9.17, 15) is 8.42 Å². The number of sulfonamides is 1. The van der Waals surface area contributed by atoms with Crippen LogP contribution in [0.2, 0.25) is 5.15 Å². The van der Waals surface area contributed by atoms with Gasteiger partial charge in [0.05, 0.1) is 0 Å². The zero-order chi connectivity index (χ0) is 11.1. The lowest BCUT2D eigenvalue weighted by atomic mass is 10.3. The van der Waals surface area contributed by atoms with Crippen molar-refractivity contribution in [2.75, 3.05) is 13.1 Å². The maximum Gasteiger partial charge on any atom is 0.246 e. The molecule has 82 valence electrons. The molecule has 1 fully saturated rings. The van der Waals surface area contributed by atoms with E-state index in [-0.39, 0.29) is 10.0 Å². The van der Waals surface area contributed by atoms with Crippen LogP contribution in [-0.2, 0) is 10.0 Å². The molecule has 2 heterocycles. The van der Waals surface area contributed by atoms with Crippen LogP contribution in [0.1, 0.15) is 6.42 Å². The molecule has 1 aromatic heterocycles. The molecule has 0 unspecified atom stereocenters. The van der Waals surface area contributed by atoms with Crippen molar-refractivity contribution in [3.63, 3.8) is 0 Å². The molecule has 0 aliphatic carbocycles. The highest BCUT2D eigenvalue weighted by Crippen LogP contribution is 2.27. The predicted molar refractivity (Wildman–Crippen MR) is 60.3 cm³/mol. The summed E-state index contributed by atoms with van der Waals surface area (Å²) in [6, 6.07) is 1.48. The van der Waals surface area contributed by atoms with Gasteiger partial charge >= 0.3 is 0 Å². The molecule has 1 aliphatic rings. The van der Waals surface area contributed by atoms with Crippen molar-refractivity contribution < 1.29 is 8.42 Å². The number of rotatable bonds is 2. The normalized spacial score (nSPS) is 17.5. The van der Waals surface area contributed by atoms with Gasteiger partial charge in [-0.1, -0.05) is 11.6 Å². The van der Waals surface area contributed by atoms with Crippen LogP contribution >= 0.6 is 27.5 Å². The summed E-state index contributed by atoms with van der Waals surface area (Å²) in [5, 5.41) is 0.0186. The van der Waals surface area contributed by atoms with Crippen LogP contribution in [0.15, 0.2) is 21.6 Å². The van der Waals surface area contributed by atoms with E-state index in [4.69, 9.17) is 11.6 Å². The van der Waals surface area contributed by atoms with E-state index in [1.807, 2.05) is 0 Å². The van der Waals surface area contributed by atoms with Crippen molar-refractivity contribution >= 4 is 37.6 Å². The van der Waals surface area contributed by atoms with E-state index >= 15 is 0 Å². The number of hydrogen-bond donors (Lipinski definition) is 0. The van der Waals surface area contributed by atoms with E-state index in [2.05, 4.69) is 20.9 Å². The Morgan fingerprint density at radius 1 is 1.47 bits per heavy atom. The Morgan fingerprint density at radius 2 is 2.13 bits per heavy atom. The molecule has 4 nitrogen and oxygen atoms in total. The lowest BCUT2D eigenvalue weighted by Crippen LogP contribution is -2.42. The standard InChI is InChI=1S/C8H8BrClN2O2S/c9-6-4-7(8(10)11-5-6)15(13,14)12-2-1-3-12/h4-5H,1-3H2. The van der Waals surface area contributed by atoms with E-state index in [1.54, 1.807) is 0 Å². The van der Waals surface area contributed by atoms with Crippen LogP contribution in [0.4, 0.5) is 0 Å². The average molecular weight is 312 g/mol. The van der Waals surface area contributed by atoms with Crippen LogP contribution < -0.4 is 0 Å². The first-order valence-corrected chi connectivity index (χ1v) is 6.94. The lowest BCUT2D eigenvalue weighted by molar-refractivity contribution is 0.309. The van der Waals surface area contributed by atoms with Gasteiger partial charge in [-0.05, 0) is 28.4 Å². The Labute approximate surface area is 101 Å². The van der Waals surface area contributed by atoms with Gasteiger partial charge in [0.25, 0.3) is 0 Å². The molecular weight excluding hydrogens is 304 g/mol. The van der Waals surface area contributed by atoms with E-state index in [1.165, 1.54) is 16.6 Å². The molecule has 7 heteroatoms. The van der Waals surface area contributed by atoms with Gasteiger partial charge in [-0.15, -0.1) is 0 Å². The number of pyridine rings is 1. The molecule has 0 saturated carbocycles. The van der Waals surface area contributed by atoms with Gasteiger partial charge in [0, 0.05) is 23.8 Å². The second-order valence-electron chi connectivity index (χ2n) is 3.20. The van der Waals surface area contributed by atoms with Crippen LogP contribution in [-0.4, -0.2) is 30.8 Å². The zero-order valence-corrected chi connectivity index (χ0v) is 10.8. The Hall–Kier alpha value is -0.170. The van der Waals surface area contributed by atoms with Gasteiger partial charge < -0.3 is 0 Å². The van der Waals surface area contributed by atoms with E-state index < -0.39 is 10.0 Å². The molecule has 1 aromatic rings. The quantitative estimate of drug-likeness (QED) is 0.784. The summed E-state index contributed by atoms with van der Waals surface area (Å²) in [5.74, 6) is 0. The van der Waals surface area contributed by atoms with Crippen molar-refractivity contribution in [1.29, 1.82) is 0 Å². The van der Waals surface area contributed by atoms with Gasteiger partial charge in [0.15, 0.2) is 0 Å². The van der Waals surface area contributed by atoms with E-state index in [0.29, 0.717) is 17.6 Å². The molecule has 15 heavy (non-hydrogen) atoms. The third-order valence-corrected chi connectivity index (χ3v) is 4.97. The highest BCUT2D eigenvalue weighted by atomic mass is 79.9. The fraction of sp³-hybridized carbons (Fsp3) is 0.375. The summed E-state index contributed by atoms with van der Waals surface area (Å²) in [5.41, 5.74) is 0. The van der Waals surface area contributed by atoms with Gasteiger partial charge in [0.2, 0.25) is 10.0 Å². The molecule has 1 saturated heterocycles. The first kappa shape index (κ1) is 11.3. The van der Waals surface area contributed by atoms with Gasteiger partial charge in [-0.2, -0.15) is 4.31 Å². The van der Waals surface area contributed by atoms with Crippen LogP contribution in [0.25, 0.3) is 0 Å². The summed E-state index contributed by atoms with van der Waals surface area (Å²) in [6.07, 6.45) is 2.37. The number of aromatic nitrogens is 1. The highest BCUT2D eigenvalue weighted by molar-refractivity contribution is 9.10. The fourth-order valence-corrected chi connectivity index (χ4v) is 3.69. The summed E-state index contributed by atoms with van der Waals surface area (Å²) in [6.45, 7) is 1.12. The first-order valence-electron chi connectivity index (χ1n) is 4.33. The molecule has 0 bridgehead atoms. The Morgan fingerprint density at radius 3 is 2.67 bits per heavy atom. The predicted octanol–water partition coefficient (Wildman–Crippen LogP) is 1.89. The van der Waals surface area contributed by atoms with Crippen molar-refractivity contribution in [3.05, 3.63) is 21.9 Å². The zero-order valence-electron chi connectivity index (χ0n) is 7.65. The van der Waals surface area contributed by atoms with Crippen molar-refractivity contribution in [2.45, 2.75) is 11.3 Å². The van der Waals surface area contributed by atoms with Crippen molar-refractivity contribution in [1.82, 2.24) is 9.29 Å². The molecule has 2 rings (SSSR count). The molecule has 0 N–H and O–H groups in total. The minimum Gasteiger partial charge on any atom is -0.242 e. The second kappa shape index (κ2) is 4.01. The SMILES string of the molecule is O=S(=O)(c1cc(Br)cnc1Cl)N1CCC1. The van der Waals surface area contributed by atoms with Crippen LogP contribution in [0.5, 0.6) is 0 Å². The molecule has 0 spiro atoms. The molecular formula is C8H8BrClN2O2S. The second-order valence-corrected chi connectivity index (χ2v) is 6.38. The Kier molecular flexibility index (Phi) is 3.03. The highest BCUT2D eigenvalue weighted by Gasteiger charge is 2.31. The van der Waals surface area contributed by atoms with Gasteiger partial charge in [-0.3, -0.25) is 0 Å². The first-order chi connectivity index (χ1) is 7.01. The third-order valence-electron chi connectivity index (χ3n) is 2.21. The summed E-state index contributed by atoms with van der Waals surface area (Å²) < 4.78 is 25.9. The van der Waals surface area contributed by atoms with Crippen molar-refractivity contribution in [3.8, 4) is 0 Å². The smallest absolute Gasteiger partial charge is 0.242 e. The van der Waals surface area contributed by atoms with Crippen molar-refractivity contribution in [2.24, 2.45) is 0 Å². The summed E-state index contributed by atoms with van der Waals surface area (Å²) >= 11 is 8.94. The summed E-state index contributed by atoms with van der Waals surface area (Å²) in [4.78, 5) is 3.87. The third kappa shape index (κ3) is 2.04. The minimum atomic E-state index is -3.45. The minimum absolute atomic E-state index is 0.0186. The molecule has 0 atom stereocenters. The van der Waals surface area contributed by atoms with Crippen LogP contribution in [0, 0.1) is 0 Å². The average Bonchev–Trinajstić information content (AvgIpc) is 2.05. The number of nitrogens with zero attached hydrogens (tertiary/aromatic N) is 2. The van der Waals surface area contributed by atoms with Gasteiger partial charge in [0.1, 0.15) is 10.0 Å². The maximum absolute atomic E-state index is 12.0. The van der Waals surface area contributed by atoms with E-state index in [0.717, 1.165) is 6.42 Å². The Bertz CT molecular complexity index is 487. The number of halogens is 2. The molecule has 0 radical (unpaired) electrons. The van der Waals surface area contributed by atoms with Crippen LogP contribution in [0.3, 0.4) is 0 Å². The lowest BCUT2D eigenvalue weighted by Gasteiger charge is -2.29.